The Bertz CT molecular complexity index is 576. The summed E-state index contributed by atoms with van der Waals surface area (Å²) in [6, 6.07) is 0.348. The molecule has 0 spiro atoms. The molecule has 0 atom stereocenters. The van der Waals surface area contributed by atoms with Gasteiger partial charge in [0.2, 0.25) is 5.91 Å². The number of methoxy groups -OCH3 is 1. The van der Waals surface area contributed by atoms with Crippen LogP contribution in [0.1, 0.15) is 42.5 Å². The van der Waals surface area contributed by atoms with E-state index in [1.807, 2.05) is 13.1 Å². The summed E-state index contributed by atoms with van der Waals surface area (Å²) in [5.41, 5.74) is 3.31. The standard InChI is InChI=1S/C18H27N3O2/c1-12-10-19-16(13(2)17(12)23-3)11-21-8-6-15(7-9-21)20-18(22)14-4-5-14/h10,14-15H,4-9,11H2,1-3H3,(H,20,22). The molecule has 3 rings (SSSR count). The lowest BCUT2D eigenvalue weighted by atomic mass is 10.0. The number of amides is 1. The fraction of sp³-hybridized carbons (Fsp3) is 0.667. The highest BCUT2D eigenvalue weighted by Crippen LogP contribution is 2.29. The van der Waals surface area contributed by atoms with Gasteiger partial charge < -0.3 is 10.1 Å². The summed E-state index contributed by atoms with van der Waals surface area (Å²) in [6.45, 7) is 6.97. The molecule has 1 saturated heterocycles. The Labute approximate surface area is 138 Å². The van der Waals surface area contributed by atoms with Gasteiger partial charge in [-0.15, -0.1) is 0 Å². The molecular formula is C18H27N3O2. The van der Waals surface area contributed by atoms with Gasteiger partial charge in [0, 0.05) is 48.9 Å². The molecule has 2 heterocycles. The van der Waals surface area contributed by atoms with Gasteiger partial charge >= 0.3 is 0 Å². The molecule has 0 aromatic carbocycles. The first-order valence-electron chi connectivity index (χ1n) is 8.60. The second-order valence-electron chi connectivity index (χ2n) is 6.88. The highest BCUT2D eigenvalue weighted by Gasteiger charge is 2.31. The normalized spacial score (nSPS) is 19.6. The third-order valence-electron chi connectivity index (χ3n) is 5.01. The number of pyridine rings is 1. The van der Waals surface area contributed by atoms with Crippen LogP contribution in [0, 0.1) is 19.8 Å². The lowest BCUT2D eigenvalue weighted by Crippen LogP contribution is -2.44. The van der Waals surface area contributed by atoms with Gasteiger partial charge in [0.25, 0.3) is 0 Å². The number of likely N-dealkylation sites (tertiary alicyclic amines) is 1. The van der Waals surface area contributed by atoms with E-state index in [0.717, 1.165) is 67.9 Å². The second kappa shape index (κ2) is 6.87. The van der Waals surface area contributed by atoms with Crippen LogP contribution in [0.4, 0.5) is 0 Å². The number of piperidine rings is 1. The molecule has 1 saturated carbocycles. The van der Waals surface area contributed by atoms with E-state index >= 15 is 0 Å². The smallest absolute Gasteiger partial charge is 0.223 e. The largest absolute Gasteiger partial charge is 0.496 e. The highest BCUT2D eigenvalue weighted by atomic mass is 16.5. The summed E-state index contributed by atoms with van der Waals surface area (Å²) in [6.07, 6.45) is 6.10. The topological polar surface area (TPSA) is 54.5 Å². The van der Waals surface area contributed by atoms with Crippen LogP contribution >= 0.6 is 0 Å². The summed E-state index contributed by atoms with van der Waals surface area (Å²) in [5.74, 6) is 1.52. The maximum atomic E-state index is 11.8. The number of aryl methyl sites for hydroxylation is 1. The van der Waals surface area contributed by atoms with Gasteiger partial charge in [-0.2, -0.15) is 0 Å². The number of aromatic nitrogens is 1. The fourth-order valence-electron chi connectivity index (χ4n) is 3.34. The molecule has 1 aromatic rings. The van der Waals surface area contributed by atoms with Crippen LogP contribution in [0.2, 0.25) is 0 Å². The molecule has 1 amide bonds. The van der Waals surface area contributed by atoms with E-state index < -0.39 is 0 Å². The van der Waals surface area contributed by atoms with Crippen LogP contribution in [0.3, 0.4) is 0 Å². The molecule has 2 aliphatic rings. The summed E-state index contributed by atoms with van der Waals surface area (Å²) < 4.78 is 5.49. The Morgan fingerprint density at radius 3 is 2.61 bits per heavy atom. The summed E-state index contributed by atoms with van der Waals surface area (Å²) >= 11 is 0. The minimum absolute atomic E-state index is 0.268. The van der Waals surface area contributed by atoms with E-state index in [4.69, 9.17) is 4.74 Å². The Hall–Kier alpha value is -1.62. The zero-order valence-electron chi connectivity index (χ0n) is 14.4. The molecule has 1 aliphatic heterocycles. The minimum atomic E-state index is 0.268. The zero-order valence-corrected chi connectivity index (χ0v) is 14.4. The van der Waals surface area contributed by atoms with Gasteiger partial charge in [-0.1, -0.05) is 0 Å². The maximum Gasteiger partial charge on any atom is 0.223 e. The van der Waals surface area contributed by atoms with Gasteiger partial charge in [0.1, 0.15) is 5.75 Å². The van der Waals surface area contributed by atoms with Crippen LogP contribution in [-0.4, -0.2) is 42.0 Å². The van der Waals surface area contributed by atoms with E-state index in [1.54, 1.807) is 7.11 Å². The Morgan fingerprint density at radius 2 is 2.00 bits per heavy atom. The number of nitrogens with one attached hydrogen (secondary N) is 1. The lowest BCUT2D eigenvalue weighted by Gasteiger charge is -2.32. The fourth-order valence-corrected chi connectivity index (χ4v) is 3.34. The number of ether oxygens (including phenoxy) is 1. The number of rotatable bonds is 5. The quantitative estimate of drug-likeness (QED) is 0.904. The van der Waals surface area contributed by atoms with Gasteiger partial charge in [-0.3, -0.25) is 14.7 Å². The number of hydrogen-bond donors (Lipinski definition) is 1. The van der Waals surface area contributed by atoms with Crippen molar-refractivity contribution in [1.29, 1.82) is 0 Å². The zero-order chi connectivity index (χ0) is 16.4. The Balaban J connectivity index is 1.53. The number of nitrogens with zero attached hydrogens (tertiary/aromatic N) is 2. The van der Waals surface area contributed by atoms with Crippen molar-refractivity contribution in [3.63, 3.8) is 0 Å². The summed E-state index contributed by atoms with van der Waals surface area (Å²) in [7, 11) is 1.72. The minimum Gasteiger partial charge on any atom is -0.496 e. The van der Waals surface area contributed by atoms with Gasteiger partial charge in [0.15, 0.2) is 0 Å². The van der Waals surface area contributed by atoms with E-state index in [1.165, 1.54) is 0 Å². The summed E-state index contributed by atoms with van der Waals surface area (Å²) in [5, 5.41) is 3.20. The predicted octanol–water partition coefficient (Wildman–Crippen LogP) is 2.20. The van der Waals surface area contributed by atoms with Gasteiger partial charge in [-0.25, -0.2) is 0 Å². The SMILES string of the molecule is COc1c(C)cnc(CN2CCC(NC(=O)C3CC3)CC2)c1C. The van der Waals surface area contributed by atoms with Crippen molar-refractivity contribution in [2.75, 3.05) is 20.2 Å². The van der Waals surface area contributed by atoms with Crippen LogP contribution in [0.15, 0.2) is 6.20 Å². The van der Waals surface area contributed by atoms with Crippen molar-refractivity contribution in [1.82, 2.24) is 15.2 Å². The van der Waals surface area contributed by atoms with Crippen molar-refractivity contribution in [3.05, 3.63) is 23.0 Å². The lowest BCUT2D eigenvalue weighted by molar-refractivity contribution is -0.123. The number of carbonyl (C=O) groups excluding carboxylic acids is 1. The van der Waals surface area contributed by atoms with Crippen LogP contribution < -0.4 is 10.1 Å². The Kier molecular flexibility index (Phi) is 4.85. The maximum absolute atomic E-state index is 11.8. The van der Waals surface area contributed by atoms with E-state index in [9.17, 15) is 4.79 Å². The van der Waals surface area contributed by atoms with E-state index in [2.05, 4.69) is 22.1 Å². The van der Waals surface area contributed by atoms with Crippen molar-refractivity contribution in [2.45, 2.75) is 52.1 Å². The monoisotopic (exact) mass is 317 g/mol. The molecule has 0 radical (unpaired) electrons. The van der Waals surface area contributed by atoms with Crippen LogP contribution in [0.5, 0.6) is 5.75 Å². The molecule has 1 aromatic heterocycles. The Morgan fingerprint density at radius 1 is 1.30 bits per heavy atom. The average Bonchev–Trinajstić information content (AvgIpc) is 3.37. The summed E-state index contributed by atoms with van der Waals surface area (Å²) in [4.78, 5) is 18.9. The first-order chi connectivity index (χ1) is 11.1. The van der Waals surface area contributed by atoms with E-state index in [0.29, 0.717) is 12.0 Å². The van der Waals surface area contributed by atoms with E-state index in [-0.39, 0.29) is 5.91 Å². The number of hydrogen-bond acceptors (Lipinski definition) is 4. The molecule has 23 heavy (non-hydrogen) atoms. The third kappa shape index (κ3) is 3.83. The first-order valence-corrected chi connectivity index (χ1v) is 8.60. The van der Waals surface area contributed by atoms with Crippen molar-refractivity contribution in [2.24, 2.45) is 5.92 Å². The van der Waals surface area contributed by atoms with Crippen molar-refractivity contribution in [3.8, 4) is 5.75 Å². The molecule has 0 unspecified atom stereocenters. The molecule has 5 heteroatoms. The van der Waals surface area contributed by atoms with Gasteiger partial charge in [0.05, 0.1) is 12.8 Å². The number of carbonyl (C=O) groups is 1. The van der Waals surface area contributed by atoms with Crippen LogP contribution in [0.25, 0.3) is 0 Å². The molecular weight excluding hydrogens is 290 g/mol. The van der Waals surface area contributed by atoms with Crippen molar-refractivity contribution >= 4 is 5.91 Å². The van der Waals surface area contributed by atoms with Gasteiger partial charge in [-0.05, 0) is 39.5 Å². The van der Waals surface area contributed by atoms with Crippen LogP contribution in [-0.2, 0) is 11.3 Å². The molecule has 0 bridgehead atoms. The molecule has 1 aliphatic carbocycles. The molecule has 5 nitrogen and oxygen atoms in total. The second-order valence-corrected chi connectivity index (χ2v) is 6.88. The first kappa shape index (κ1) is 16.2. The van der Waals surface area contributed by atoms with Crippen molar-refractivity contribution < 1.29 is 9.53 Å². The molecule has 2 fully saturated rings. The highest BCUT2D eigenvalue weighted by molar-refractivity contribution is 5.81. The average molecular weight is 317 g/mol. The third-order valence-corrected chi connectivity index (χ3v) is 5.01. The molecule has 1 N–H and O–H groups in total. The predicted molar refractivity (Wildman–Crippen MR) is 89.4 cm³/mol. The molecule has 126 valence electrons.